The second-order valence-electron chi connectivity index (χ2n) is 0.777. The van der Waals surface area contributed by atoms with Crippen LogP contribution in [0.25, 0.3) is 0 Å². The Bertz CT molecular complexity index is 22.4. The zero-order valence-electron chi connectivity index (χ0n) is 3.81. The summed E-state index contributed by atoms with van der Waals surface area (Å²) in [5, 5.41) is 0. The summed E-state index contributed by atoms with van der Waals surface area (Å²) in [7, 11) is 1.55. The largest absolute Gasteiger partial charge is 0.359 e. The fourth-order valence-electron chi connectivity index (χ4n) is 0.131. The van der Waals surface area contributed by atoms with Crippen LogP contribution in [-0.2, 0) is 9.47 Å². The van der Waals surface area contributed by atoms with Gasteiger partial charge in [0.25, 0.3) is 0 Å². The van der Waals surface area contributed by atoms with E-state index in [2.05, 4.69) is 9.47 Å². The molecule has 0 unspecified atom stereocenters. The van der Waals surface area contributed by atoms with E-state index in [9.17, 15) is 0 Å². The Labute approximate surface area is 51.8 Å². The molecule has 54 valence electrons. The SMILES string of the molecule is C.C.COCOCN. The Hall–Kier alpha value is -0.120. The normalized spacial score (nSPS) is 6.75. The molecule has 0 rings (SSSR count). The van der Waals surface area contributed by atoms with E-state index in [1.165, 1.54) is 0 Å². The third-order valence-corrected chi connectivity index (χ3v) is 0.319. The molecule has 0 bridgehead atoms. The van der Waals surface area contributed by atoms with Crippen molar-refractivity contribution in [2.45, 2.75) is 14.9 Å². The highest BCUT2D eigenvalue weighted by Gasteiger charge is 1.71. The van der Waals surface area contributed by atoms with Crippen LogP contribution in [0.3, 0.4) is 0 Å². The Kier molecular flexibility index (Phi) is 30.9. The molecule has 0 fully saturated rings. The molecule has 0 amide bonds. The van der Waals surface area contributed by atoms with Gasteiger partial charge in [-0.3, -0.25) is 0 Å². The molecule has 0 heterocycles. The van der Waals surface area contributed by atoms with E-state index in [1.54, 1.807) is 7.11 Å². The van der Waals surface area contributed by atoms with Gasteiger partial charge in [0.05, 0.1) is 6.73 Å². The van der Waals surface area contributed by atoms with Crippen LogP contribution in [0.1, 0.15) is 14.9 Å². The quantitative estimate of drug-likeness (QED) is 0.446. The average molecular weight is 123 g/mol. The molecule has 8 heavy (non-hydrogen) atoms. The van der Waals surface area contributed by atoms with Gasteiger partial charge in [0.1, 0.15) is 6.79 Å². The third kappa shape index (κ3) is 16.9. The predicted octanol–water partition coefficient (Wildman–Crippen LogP) is 0.795. The van der Waals surface area contributed by atoms with Crippen LogP contribution in [0, 0.1) is 0 Å². The van der Waals surface area contributed by atoms with Gasteiger partial charge in [-0.2, -0.15) is 0 Å². The zero-order chi connectivity index (χ0) is 4.83. The summed E-state index contributed by atoms with van der Waals surface area (Å²) in [6, 6.07) is 0. The Balaban J connectivity index is -0.000000125. The van der Waals surface area contributed by atoms with Gasteiger partial charge >= 0.3 is 0 Å². The fraction of sp³-hybridized carbons (Fsp3) is 1.00. The van der Waals surface area contributed by atoms with Gasteiger partial charge in [-0.25, -0.2) is 0 Å². The highest BCUT2D eigenvalue weighted by atomic mass is 16.7. The molecule has 2 N–H and O–H groups in total. The minimum absolute atomic E-state index is 0. The molecule has 0 aromatic carbocycles. The van der Waals surface area contributed by atoms with Crippen molar-refractivity contribution in [3.8, 4) is 0 Å². The maximum atomic E-state index is 4.91. The van der Waals surface area contributed by atoms with Gasteiger partial charge in [-0.05, 0) is 0 Å². The van der Waals surface area contributed by atoms with Crippen molar-refractivity contribution in [3.63, 3.8) is 0 Å². The van der Waals surface area contributed by atoms with Crippen molar-refractivity contribution in [2.75, 3.05) is 20.6 Å². The number of rotatable bonds is 3. The van der Waals surface area contributed by atoms with Crippen LogP contribution in [0.2, 0.25) is 0 Å². The first-order chi connectivity index (χ1) is 2.91. The molecule has 3 nitrogen and oxygen atoms in total. The first-order valence-corrected chi connectivity index (χ1v) is 1.68. The maximum absolute atomic E-state index is 4.91. The Morgan fingerprint density at radius 3 is 2.00 bits per heavy atom. The lowest BCUT2D eigenvalue weighted by atomic mass is 11.3. The van der Waals surface area contributed by atoms with Gasteiger partial charge in [0, 0.05) is 7.11 Å². The molecule has 0 atom stereocenters. The van der Waals surface area contributed by atoms with Crippen molar-refractivity contribution in [1.82, 2.24) is 0 Å². The highest BCUT2D eigenvalue weighted by Crippen LogP contribution is 1.64. The number of nitrogens with two attached hydrogens (primary N) is 1. The summed E-state index contributed by atoms with van der Waals surface area (Å²) in [6.45, 7) is 0.518. The van der Waals surface area contributed by atoms with Crippen LogP contribution < -0.4 is 5.73 Å². The molecule has 3 heteroatoms. The Morgan fingerprint density at radius 1 is 1.38 bits per heavy atom. The molecule has 0 aromatic rings. The highest BCUT2D eigenvalue weighted by molar-refractivity contribution is 3.98. The fourth-order valence-corrected chi connectivity index (χ4v) is 0.131. The molecule has 0 aromatic heterocycles. The third-order valence-electron chi connectivity index (χ3n) is 0.319. The number of methoxy groups -OCH3 is 1. The molecule has 0 aliphatic heterocycles. The molecule has 0 spiro atoms. The van der Waals surface area contributed by atoms with Crippen molar-refractivity contribution < 1.29 is 9.47 Å². The van der Waals surface area contributed by atoms with E-state index in [1.807, 2.05) is 0 Å². The summed E-state index contributed by atoms with van der Waals surface area (Å²) >= 11 is 0. The lowest BCUT2D eigenvalue weighted by Gasteiger charge is -1.93. The molecule has 0 saturated heterocycles. The first-order valence-electron chi connectivity index (χ1n) is 1.68. The molecule has 0 aliphatic carbocycles. The number of hydrogen-bond donors (Lipinski definition) is 1. The standard InChI is InChI=1S/C3H9NO2.2CH4/c1-5-3-6-2-4;;/h2-4H2,1H3;2*1H4. The van der Waals surface area contributed by atoms with Gasteiger partial charge in [0.2, 0.25) is 0 Å². The monoisotopic (exact) mass is 123 g/mol. The van der Waals surface area contributed by atoms with Crippen molar-refractivity contribution in [1.29, 1.82) is 0 Å². The predicted molar refractivity (Wildman–Crippen MR) is 35.5 cm³/mol. The number of ether oxygens (including phenoxy) is 2. The van der Waals surface area contributed by atoms with Crippen molar-refractivity contribution >= 4 is 0 Å². The van der Waals surface area contributed by atoms with E-state index >= 15 is 0 Å². The van der Waals surface area contributed by atoms with Gasteiger partial charge < -0.3 is 15.2 Å². The first kappa shape index (κ1) is 15.7. The summed E-state index contributed by atoms with van der Waals surface area (Å²) in [6.07, 6.45) is 0. The van der Waals surface area contributed by atoms with Gasteiger partial charge in [-0.15, -0.1) is 0 Å². The molecule has 0 aliphatic rings. The lowest BCUT2D eigenvalue weighted by molar-refractivity contribution is -0.0278. The van der Waals surface area contributed by atoms with Crippen LogP contribution in [-0.4, -0.2) is 20.6 Å². The van der Waals surface area contributed by atoms with E-state index in [0.717, 1.165) is 0 Å². The average Bonchev–Trinajstić information content (AvgIpc) is 1.61. The van der Waals surface area contributed by atoms with Gasteiger partial charge in [-0.1, -0.05) is 14.9 Å². The minimum Gasteiger partial charge on any atom is -0.359 e. The van der Waals surface area contributed by atoms with Gasteiger partial charge in [0.15, 0.2) is 0 Å². The van der Waals surface area contributed by atoms with Crippen molar-refractivity contribution in [2.24, 2.45) is 5.73 Å². The molecule has 0 radical (unpaired) electrons. The van der Waals surface area contributed by atoms with E-state index in [4.69, 9.17) is 5.73 Å². The summed E-state index contributed by atoms with van der Waals surface area (Å²) in [4.78, 5) is 0. The van der Waals surface area contributed by atoms with Crippen molar-refractivity contribution in [3.05, 3.63) is 0 Å². The lowest BCUT2D eigenvalue weighted by Crippen LogP contribution is -2.06. The van der Waals surface area contributed by atoms with Crippen LogP contribution in [0.5, 0.6) is 0 Å². The van der Waals surface area contributed by atoms with E-state index < -0.39 is 0 Å². The number of hydrogen-bond acceptors (Lipinski definition) is 3. The summed E-state index contributed by atoms with van der Waals surface area (Å²) < 4.78 is 9.02. The minimum atomic E-state index is 0. The molecule has 0 saturated carbocycles. The smallest absolute Gasteiger partial charge is 0.148 e. The van der Waals surface area contributed by atoms with Crippen LogP contribution in [0.15, 0.2) is 0 Å². The van der Waals surface area contributed by atoms with E-state index in [-0.39, 0.29) is 28.4 Å². The van der Waals surface area contributed by atoms with Crippen LogP contribution in [0.4, 0.5) is 0 Å². The molecular formula is C5H17NO2. The van der Waals surface area contributed by atoms with E-state index in [0.29, 0.717) is 0 Å². The molecular weight excluding hydrogens is 106 g/mol. The second-order valence-corrected chi connectivity index (χ2v) is 0.777. The summed E-state index contributed by atoms with van der Waals surface area (Å²) in [5.41, 5.74) is 4.91. The maximum Gasteiger partial charge on any atom is 0.148 e. The second kappa shape index (κ2) is 15.8. The zero-order valence-corrected chi connectivity index (χ0v) is 3.81. The topological polar surface area (TPSA) is 44.5 Å². The Morgan fingerprint density at radius 2 is 1.88 bits per heavy atom. The van der Waals surface area contributed by atoms with Crippen LogP contribution >= 0.6 is 0 Å². The summed E-state index contributed by atoms with van der Waals surface area (Å²) in [5.74, 6) is 0.